The van der Waals surface area contributed by atoms with Crippen molar-refractivity contribution in [1.82, 2.24) is 0 Å². The monoisotopic (exact) mass is 178 g/mol. The highest BCUT2D eigenvalue weighted by Crippen LogP contribution is 2.06. The van der Waals surface area contributed by atoms with Gasteiger partial charge in [-0.1, -0.05) is 31.3 Å². The lowest BCUT2D eigenvalue weighted by Crippen LogP contribution is -2.07. The van der Waals surface area contributed by atoms with Crippen molar-refractivity contribution < 1.29 is 0 Å². The molecule has 1 nitrogen and oxygen atoms in total. The molecule has 63 valence electrons. The zero-order chi connectivity index (χ0) is 8.81. The summed E-state index contributed by atoms with van der Waals surface area (Å²) in [6.07, 6.45) is 2.04. The fourth-order valence-electron chi connectivity index (χ4n) is 0.921. The summed E-state index contributed by atoms with van der Waals surface area (Å²) in [6.45, 7) is 2.12. The number of nitrogens with one attached hydrogen (secondary N) is 1. The maximum absolute atomic E-state index is 5.11. The third kappa shape index (κ3) is 3.01. The number of benzene rings is 1. The van der Waals surface area contributed by atoms with E-state index in [9.17, 15) is 0 Å². The van der Waals surface area contributed by atoms with Crippen molar-refractivity contribution in [2.24, 2.45) is 0 Å². The van der Waals surface area contributed by atoms with Crippen LogP contribution >= 0.6 is 12.2 Å². The molecule has 0 saturated heterocycles. The van der Waals surface area contributed by atoms with Crippen LogP contribution in [-0.4, -0.2) is 4.99 Å². The first-order valence-corrected chi connectivity index (χ1v) is 4.49. The molecule has 1 aromatic rings. The fraction of sp³-hybridized carbons (Fsp3) is 0.300. The summed E-state index contributed by atoms with van der Waals surface area (Å²) in [6, 6.07) is 10.6. The first kappa shape index (κ1) is 9.20. The Morgan fingerprint density at radius 2 is 2.17 bits per heavy atom. The van der Waals surface area contributed by atoms with Crippen LogP contribution in [-0.2, 0) is 0 Å². The molecule has 1 N–H and O–H groups in total. The molecule has 0 saturated carbocycles. The van der Waals surface area contributed by atoms with E-state index in [-0.39, 0.29) is 0 Å². The molecule has 1 radical (unpaired) electrons. The van der Waals surface area contributed by atoms with Crippen molar-refractivity contribution in [2.45, 2.75) is 19.8 Å². The van der Waals surface area contributed by atoms with Crippen molar-refractivity contribution in [2.75, 3.05) is 5.32 Å². The molecule has 0 amide bonds. The third-order valence-corrected chi connectivity index (χ3v) is 1.79. The van der Waals surface area contributed by atoms with Crippen molar-refractivity contribution in [3.63, 3.8) is 0 Å². The van der Waals surface area contributed by atoms with Gasteiger partial charge in [-0.15, -0.1) is 0 Å². The summed E-state index contributed by atoms with van der Waals surface area (Å²) in [5.74, 6) is 0. The maximum Gasteiger partial charge on any atom is 0.0797 e. The van der Waals surface area contributed by atoms with Crippen LogP contribution < -0.4 is 5.32 Å². The molecule has 12 heavy (non-hydrogen) atoms. The van der Waals surface area contributed by atoms with E-state index >= 15 is 0 Å². The molecular formula is C10H12NS. The van der Waals surface area contributed by atoms with Crippen LogP contribution in [0, 0.1) is 6.07 Å². The van der Waals surface area contributed by atoms with Crippen LogP contribution in [0.15, 0.2) is 24.3 Å². The summed E-state index contributed by atoms with van der Waals surface area (Å²) in [5, 5.41) is 3.15. The summed E-state index contributed by atoms with van der Waals surface area (Å²) < 4.78 is 0. The Balaban J connectivity index is 2.47. The smallest absolute Gasteiger partial charge is 0.0797 e. The molecule has 0 atom stereocenters. The predicted octanol–water partition coefficient (Wildman–Crippen LogP) is 3.03. The van der Waals surface area contributed by atoms with Gasteiger partial charge >= 0.3 is 0 Å². The summed E-state index contributed by atoms with van der Waals surface area (Å²) in [4.78, 5) is 0.906. The van der Waals surface area contributed by atoms with Crippen LogP contribution in [0.3, 0.4) is 0 Å². The van der Waals surface area contributed by atoms with Crippen LogP contribution in [0.25, 0.3) is 0 Å². The lowest BCUT2D eigenvalue weighted by atomic mass is 10.3. The van der Waals surface area contributed by atoms with Gasteiger partial charge in [-0.2, -0.15) is 0 Å². The van der Waals surface area contributed by atoms with Crippen molar-refractivity contribution in [3.8, 4) is 0 Å². The third-order valence-electron chi connectivity index (χ3n) is 1.48. The van der Waals surface area contributed by atoms with Gasteiger partial charge in [0.05, 0.1) is 4.99 Å². The number of anilines is 1. The van der Waals surface area contributed by atoms with Gasteiger partial charge in [0.15, 0.2) is 0 Å². The van der Waals surface area contributed by atoms with Gasteiger partial charge in [0.2, 0.25) is 0 Å². The van der Waals surface area contributed by atoms with E-state index in [0.29, 0.717) is 0 Å². The van der Waals surface area contributed by atoms with Gasteiger partial charge < -0.3 is 5.32 Å². The quantitative estimate of drug-likeness (QED) is 0.714. The van der Waals surface area contributed by atoms with Gasteiger partial charge in [0.1, 0.15) is 0 Å². The van der Waals surface area contributed by atoms with Crippen LogP contribution in [0.4, 0.5) is 5.69 Å². The van der Waals surface area contributed by atoms with Crippen LogP contribution in [0.5, 0.6) is 0 Å². The molecule has 0 unspecified atom stereocenters. The molecule has 0 fully saturated rings. The van der Waals surface area contributed by atoms with E-state index in [4.69, 9.17) is 12.2 Å². The van der Waals surface area contributed by atoms with E-state index in [1.165, 1.54) is 0 Å². The summed E-state index contributed by atoms with van der Waals surface area (Å²) in [5.41, 5.74) is 1.05. The zero-order valence-electron chi connectivity index (χ0n) is 7.13. The second kappa shape index (κ2) is 4.88. The van der Waals surface area contributed by atoms with Crippen molar-refractivity contribution >= 4 is 22.9 Å². The Morgan fingerprint density at radius 1 is 1.50 bits per heavy atom. The highest BCUT2D eigenvalue weighted by Gasteiger charge is 1.94. The fourth-order valence-corrected chi connectivity index (χ4v) is 1.24. The Kier molecular flexibility index (Phi) is 3.74. The van der Waals surface area contributed by atoms with Gasteiger partial charge in [-0.05, 0) is 31.0 Å². The molecule has 0 aliphatic rings. The number of hydrogen-bond acceptors (Lipinski definition) is 1. The maximum atomic E-state index is 5.11. The second-order valence-corrected chi connectivity index (χ2v) is 3.08. The minimum atomic E-state index is 0.906. The normalized spacial score (nSPS) is 9.42. The van der Waals surface area contributed by atoms with Crippen molar-refractivity contribution in [3.05, 3.63) is 30.3 Å². The Hall–Kier alpha value is -0.890. The highest BCUT2D eigenvalue weighted by atomic mass is 32.1. The van der Waals surface area contributed by atoms with E-state index < -0.39 is 0 Å². The van der Waals surface area contributed by atoms with Gasteiger partial charge in [-0.25, -0.2) is 0 Å². The molecule has 2 heteroatoms. The highest BCUT2D eigenvalue weighted by molar-refractivity contribution is 7.80. The molecule has 1 rings (SSSR count). The minimum Gasteiger partial charge on any atom is -0.350 e. The van der Waals surface area contributed by atoms with Gasteiger partial charge in [-0.3, -0.25) is 0 Å². The Morgan fingerprint density at radius 3 is 2.75 bits per heavy atom. The lowest BCUT2D eigenvalue weighted by molar-refractivity contribution is 1.00. The van der Waals surface area contributed by atoms with Crippen LogP contribution in [0.2, 0.25) is 0 Å². The topological polar surface area (TPSA) is 12.0 Å². The molecule has 1 aromatic carbocycles. The van der Waals surface area contributed by atoms with Crippen molar-refractivity contribution in [1.29, 1.82) is 0 Å². The number of hydrogen-bond donors (Lipinski definition) is 1. The van der Waals surface area contributed by atoms with E-state index in [1.54, 1.807) is 0 Å². The number of thiocarbonyl (C=S) groups is 1. The molecular weight excluding hydrogens is 166 g/mol. The van der Waals surface area contributed by atoms with E-state index in [2.05, 4.69) is 18.3 Å². The molecule has 0 aliphatic heterocycles. The van der Waals surface area contributed by atoms with Crippen LogP contribution in [0.1, 0.15) is 19.8 Å². The largest absolute Gasteiger partial charge is 0.350 e. The minimum absolute atomic E-state index is 0.906. The number of rotatable bonds is 3. The molecule has 0 aliphatic carbocycles. The van der Waals surface area contributed by atoms with Gasteiger partial charge in [0, 0.05) is 5.69 Å². The summed E-state index contributed by atoms with van der Waals surface area (Å²) >= 11 is 5.11. The Bertz CT molecular complexity index is 243. The Labute approximate surface area is 78.8 Å². The molecule has 0 spiro atoms. The molecule has 0 aromatic heterocycles. The van der Waals surface area contributed by atoms with Gasteiger partial charge in [0.25, 0.3) is 0 Å². The SMILES string of the molecule is CCCC(=S)Nc1cc[c]cc1. The standard InChI is InChI=1S/C10H12NS/c1-2-6-10(12)11-9-7-4-3-5-8-9/h4-5,7-8H,2,6H2,1H3,(H,11,12). The first-order valence-electron chi connectivity index (χ1n) is 4.09. The zero-order valence-corrected chi connectivity index (χ0v) is 7.95. The predicted molar refractivity (Wildman–Crippen MR) is 56.4 cm³/mol. The molecule has 0 heterocycles. The average Bonchev–Trinajstić information content (AvgIpc) is 2.06. The summed E-state index contributed by atoms with van der Waals surface area (Å²) in [7, 11) is 0. The van der Waals surface area contributed by atoms with E-state index in [0.717, 1.165) is 23.5 Å². The second-order valence-electron chi connectivity index (χ2n) is 2.59. The molecule has 0 bridgehead atoms. The van der Waals surface area contributed by atoms with E-state index in [1.807, 2.05) is 24.3 Å². The average molecular weight is 178 g/mol. The lowest BCUT2D eigenvalue weighted by Gasteiger charge is -2.05. The first-order chi connectivity index (χ1) is 5.83.